The van der Waals surface area contributed by atoms with E-state index >= 15 is 0 Å². The summed E-state index contributed by atoms with van der Waals surface area (Å²) in [7, 11) is 3.14. The van der Waals surface area contributed by atoms with Gasteiger partial charge < -0.3 is 25.1 Å². The van der Waals surface area contributed by atoms with Gasteiger partial charge in [0.2, 0.25) is 0 Å². The Balaban J connectivity index is 2.88. The number of carbonyl (C=O) groups is 1. The molecule has 0 aliphatic rings. The zero-order valence-electron chi connectivity index (χ0n) is 10.1. The van der Waals surface area contributed by atoms with Gasteiger partial charge in [0.25, 0.3) is 0 Å². The minimum Gasteiger partial charge on any atom is -0.550 e. The van der Waals surface area contributed by atoms with Gasteiger partial charge in [-0.25, -0.2) is 0 Å². The highest BCUT2D eigenvalue weighted by molar-refractivity contribution is 5.64. The maximum Gasteiger partial charge on any atom is 0.128 e. The second-order valence-corrected chi connectivity index (χ2v) is 3.72. The Labute approximate surface area is 100 Å². The van der Waals surface area contributed by atoms with E-state index in [1.807, 2.05) is 6.07 Å². The Morgan fingerprint density at radius 1 is 1.41 bits per heavy atom. The number of aliphatic carboxylic acids is 1. The van der Waals surface area contributed by atoms with Crippen LogP contribution in [-0.4, -0.2) is 20.2 Å². The lowest BCUT2D eigenvalue weighted by molar-refractivity contribution is -0.429. The van der Waals surface area contributed by atoms with Gasteiger partial charge in [-0.15, -0.1) is 0 Å². The van der Waals surface area contributed by atoms with Gasteiger partial charge in [0.1, 0.15) is 17.5 Å². The number of benzene rings is 1. The first-order valence-corrected chi connectivity index (χ1v) is 5.33. The van der Waals surface area contributed by atoms with Crippen molar-refractivity contribution in [3.05, 3.63) is 23.8 Å². The highest BCUT2D eigenvalue weighted by Gasteiger charge is 2.16. The molecular formula is C12H17NO4. The third-order valence-electron chi connectivity index (χ3n) is 2.57. The maximum atomic E-state index is 10.4. The number of carbonyl (C=O) groups excluding carboxylic acids is 1. The van der Waals surface area contributed by atoms with Gasteiger partial charge in [0.15, 0.2) is 0 Å². The highest BCUT2D eigenvalue weighted by Crippen LogP contribution is 2.29. The quantitative estimate of drug-likeness (QED) is 0.726. The number of hydrogen-bond donors (Lipinski definition) is 1. The van der Waals surface area contributed by atoms with Crippen molar-refractivity contribution in [2.24, 2.45) is 0 Å². The number of rotatable bonds is 6. The van der Waals surface area contributed by atoms with Crippen LogP contribution in [0.3, 0.4) is 0 Å². The average molecular weight is 239 g/mol. The molecule has 0 aliphatic heterocycles. The maximum absolute atomic E-state index is 10.4. The van der Waals surface area contributed by atoms with Crippen molar-refractivity contribution in [3.8, 4) is 11.5 Å². The Kier molecular flexibility index (Phi) is 4.78. The van der Waals surface area contributed by atoms with Gasteiger partial charge in [-0.1, -0.05) is 0 Å². The molecule has 0 fully saturated rings. The summed E-state index contributed by atoms with van der Waals surface area (Å²) in [5.74, 6) is 0.313. The van der Waals surface area contributed by atoms with Crippen LogP contribution in [0.1, 0.15) is 24.4 Å². The van der Waals surface area contributed by atoms with Gasteiger partial charge in [-0.2, -0.15) is 0 Å². The lowest BCUT2D eigenvalue weighted by atomic mass is 10.0. The van der Waals surface area contributed by atoms with Crippen molar-refractivity contribution in [2.45, 2.75) is 18.9 Å². The van der Waals surface area contributed by atoms with Crippen molar-refractivity contribution < 1.29 is 25.1 Å². The standard InChI is InChI=1S/C12H17NO4/c1-16-8-3-5-11(17-2)9(7-8)10(13)4-6-12(14)15/h3,5,7,10H,4,6,13H2,1-2H3,(H,14,15)/t10-/m0/s1. The van der Waals surface area contributed by atoms with E-state index in [1.165, 1.54) is 0 Å². The van der Waals surface area contributed by atoms with Crippen LogP contribution in [0, 0.1) is 0 Å². The molecule has 0 bridgehead atoms. The Bertz CT molecular complexity index is 392. The Hall–Kier alpha value is -1.75. The predicted octanol–water partition coefficient (Wildman–Crippen LogP) is -0.483. The first kappa shape index (κ1) is 13.3. The molecule has 5 heteroatoms. The molecule has 0 heterocycles. The van der Waals surface area contributed by atoms with Crippen LogP contribution in [0.25, 0.3) is 0 Å². The first-order chi connectivity index (χ1) is 8.08. The summed E-state index contributed by atoms with van der Waals surface area (Å²) in [6, 6.07) is 5.21. The highest BCUT2D eigenvalue weighted by atomic mass is 16.5. The van der Waals surface area contributed by atoms with E-state index in [0.29, 0.717) is 17.9 Å². The van der Waals surface area contributed by atoms with Crippen molar-refractivity contribution in [1.29, 1.82) is 0 Å². The number of carboxylic acid groups (broad SMARTS) is 1. The molecule has 0 spiro atoms. The normalized spacial score (nSPS) is 11.9. The lowest BCUT2D eigenvalue weighted by Gasteiger charge is -2.14. The minimum atomic E-state index is -1.07. The molecule has 0 radical (unpaired) electrons. The first-order valence-electron chi connectivity index (χ1n) is 5.33. The van der Waals surface area contributed by atoms with Crippen LogP contribution < -0.4 is 20.3 Å². The van der Waals surface area contributed by atoms with Crippen molar-refractivity contribution >= 4 is 5.97 Å². The molecule has 5 nitrogen and oxygen atoms in total. The topological polar surface area (TPSA) is 86.2 Å². The Morgan fingerprint density at radius 2 is 2.12 bits per heavy atom. The van der Waals surface area contributed by atoms with Crippen LogP contribution in [0.15, 0.2) is 18.2 Å². The largest absolute Gasteiger partial charge is 0.550 e. The third kappa shape index (κ3) is 3.64. The zero-order chi connectivity index (χ0) is 12.8. The summed E-state index contributed by atoms with van der Waals surface area (Å²) in [6.07, 6.45) is 0.389. The molecule has 0 aromatic heterocycles. The van der Waals surface area contributed by atoms with Crippen LogP contribution in [0.5, 0.6) is 11.5 Å². The minimum absolute atomic E-state index is 0.0193. The summed E-state index contributed by atoms with van der Waals surface area (Å²) in [5.41, 5.74) is 4.78. The fraction of sp³-hybridized carbons (Fsp3) is 0.417. The Morgan fingerprint density at radius 3 is 2.65 bits per heavy atom. The third-order valence-corrected chi connectivity index (χ3v) is 2.57. The second-order valence-electron chi connectivity index (χ2n) is 3.72. The van der Waals surface area contributed by atoms with Gasteiger partial charge in [-0.3, -0.25) is 0 Å². The number of carboxylic acids is 1. The van der Waals surface area contributed by atoms with E-state index < -0.39 is 5.97 Å². The molecular weight excluding hydrogens is 222 g/mol. The van der Waals surface area contributed by atoms with Gasteiger partial charge in [0.05, 0.1) is 19.8 Å². The van der Waals surface area contributed by atoms with E-state index in [-0.39, 0.29) is 12.5 Å². The lowest BCUT2D eigenvalue weighted by Crippen LogP contribution is -2.53. The molecule has 3 N–H and O–H groups in total. The fourth-order valence-corrected chi connectivity index (χ4v) is 1.61. The average Bonchev–Trinajstić information content (AvgIpc) is 2.34. The van der Waals surface area contributed by atoms with E-state index in [1.54, 1.807) is 26.4 Å². The number of hydrogen-bond acceptors (Lipinski definition) is 4. The van der Waals surface area contributed by atoms with Gasteiger partial charge >= 0.3 is 0 Å². The fourth-order valence-electron chi connectivity index (χ4n) is 1.61. The SMILES string of the molecule is COc1ccc(OC)c([C@@H]([NH3+])CCC(=O)[O-])c1. The smallest absolute Gasteiger partial charge is 0.128 e. The monoisotopic (exact) mass is 239 g/mol. The number of methoxy groups -OCH3 is 2. The van der Waals surface area contributed by atoms with Crippen LogP contribution in [0.2, 0.25) is 0 Å². The van der Waals surface area contributed by atoms with E-state index in [0.717, 1.165) is 5.56 Å². The van der Waals surface area contributed by atoms with Crippen molar-refractivity contribution in [3.63, 3.8) is 0 Å². The van der Waals surface area contributed by atoms with Gasteiger partial charge in [0, 0.05) is 12.4 Å². The molecule has 0 unspecified atom stereocenters. The summed E-state index contributed by atoms with van der Waals surface area (Å²) in [5, 5.41) is 10.4. The second kappa shape index (κ2) is 6.10. The molecule has 0 saturated heterocycles. The summed E-state index contributed by atoms with van der Waals surface area (Å²) in [4.78, 5) is 10.4. The van der Waals surface area contributed by atoms with E-state index in [2.05, 4.69) is 5.73 Å². The molecule has 94 valence electrons. The zero-order valence-corrected chi connectivity index (χ0v) is 10.1. The summed E-state index contributed by atoms with van der Waals surface area (Å²) in [6.45, 7) is 0. The molecule has 0 aliphatic carbocycles. The molecule has 0 saturated carbocycles. The summed E-state index contributed by atoms with van der Waals surface area (Å²) >= 11 is 0. The van der Waals surface area contributed by atoms with E-state index in [9.17, 15) is 9.90 Å². The van der Waals surface area contributed by atoms with Crippen LogP contribution in [0.4, 0.5) is 0 Å². The molecule has 1 rings (SSSR count). The molecule has 0 amide bonds. The van der Waals surface area contributed by atoms with Crippen LogP contribution >= 0.6 is 0 Å². The number of ether oxygens (including phenoxy) is 2. The molecule has 1 aromatic rings. The summed E-state index contributed by atoms with van der Waals surface area (Å²) < 4.78 is 10.3. The van der Waals surface area contributed by atoms with Crippen molar-refractivity contribution in [2.75, 3.05) is 14.2 Å². The number of quaternary nitrogens is 1. The van der Waals surface area contributed by atoms with Crippen LogP contribution in [-0.2, 0) is 4.79 Å². The predicted molar refractivity (Wildman–Crippen MR) is 59.4 cm³/mol. The molecule has 1 aromatic carbocycles. The molecule has 1 atom stereocenters. The van der Waals surface area contributed by atoms with E-state index in [4.69, 9.17) is 9.47 Å². The molecule has 17 heavy (non-hydrogen) atoms. The van der Waals surface area contributed by atoms with Crippen molar-refractivity contribution in [1.82, 2.24) is 0 Å². The van der Waals surface area contributed by atoms with Gasteiger partial charge in [-0.05, 0) is 24.6 Å².